The molecule has 2 saturated heterocycles. The minimum Gasteiger partial charge on any atom is -0.462 e. The van der Waals surface area contributed by atoms with E-state index in [2.05, 4.69) is 62.5 Å². The lowest BCUT2D eigenvalue weighted by atomic mass is 9.98. The first-order valence-electron chi connectivity index (χ1n) is 19.7. The molecule has 55 heavy (non-hydrogen) atoms. The molecule has 0 aromatic rings. The van der Waals surface area contributed by atoms with Gasteiger partial charge in [0.15, 0.2) is 18.7 Å². The maximum atomic E-state index is 12.8. The SMILES string of the molecule is CC/C=C\C/C=C\C/C=C\C/C=C\CCCCC(=O)OC(COC(=O)CCCCCC)COC1OC(COC2OC(CO)C(O)C(O)C2O)C(O)C(O)C1O. The molecule has 7 N–H and O–H groups in total. The van der Waals surface area contributed by atoms with Crippen LogP contribution in [0.5, 0.6) is 0 Å². The molecule has 0 aliphatic carbocycles. The Labute approximate surface area is 325 Å². The van der Waals surface area contributed by atoms with Gasteiger partial charge in [0.05, 0.1) is 19.8 Å². The standard InChI is InChI=1S/C40H66O15/c1-3-5-7-9-10-11-12-13-14-15-16-17-18-19-21-23-32(43)53-28(25-50-31(42)22-20-8-6-4-2)26-51-39-38(49)36(47)34(45)30(55-39)27-52-40-37(48)35(46)33(44)29(24-41)54-40/h5,7,10-11,13-14,16-17,28-30,33-41,44-49H,3-4,6,8-9,12,15,18-27H2,1-2H3/b7-5-,11-10-,14-13-,17-16-. The smallest absolute Gasteiger partial charge is 0.306 e. The van der Waals surface area contributed by atoms with E-state index in [1.54, 1.807) is 0 Å². The lowest BCUT2D eigenvalue weighted by Gasteiger charge is -2.42. The molecule has 316 valence electrons. The molecule has 0 aromatic heterocycles. The highest BCUT2D eigenvalue weighted by Gasteiger charge is 2.47. The van der Waals surface area contributed by atoms with Gasteiger partial charge in [-0.3, -0.25) is 9.59 Å². The van der Waals surface area contributed by atoms with Crippen molar-refractivity contribution in [2.45, 2.75) is 165 Å². The number of carbonyl (C=O) groups is 2. The van der Waals surface area contributed by atoms with E-state index in [4.69, 9.17) is 28.4 Å². The number of carbonyl (C=O) groups excluding carboxylic acids is 2. The van der Waals surface area contributed by atoms with Crippen molar-refractivity contribution in [3.63, 3.8) is 0 Å². The number of hydrogen-bond donors (Lipinski definition) is 7. The first-order chi connectivity index (χ1) is 26.5. The molecule has 0 spiro atoms. The van der Waals surface area contributed by atoms with E-state index < -0.39 is 99.3 Å². The molecule has 15 nitrogen and oxygen atoms in total. The van der Waals surface area contributed by atoms with Crippen LogP contribution < -0.4 is 0 Å². The zero-order chi connectivity index (χ0) is 40.4. The Balaban J connectivity index is 1.88. The molecule has 15 heteroatoms. The van der Waals surface area contributed by atoms with Gasteiger partial charge in [-0.15, -0.1) is 0 Å². The van der Waals surface area contributed by atoms with E-state index in [9.17, 15) is 45.3 Å². The molecule has 11 atom stereocenters. The molecule has 0 saturated carbocycles. The summed E-state index contributed by atoms with van der Waals surface area (Å²) in [7, 11) is 0. The molecule has 2 fully saturated rings. The van der Waals surface area contributed by atoms with Crippen LogP contribution in [0.4, 0.5) is 0 Å². The predicted molar refractivity (Wildman–Crippen MR) is 201 cm³/mol. The third kappa shape index (κ3) is 19.0. The lowest BCUT2D eigenvalue weighted by molar-refractivity contribution is -0.332. The molecular weight excluding hydrogens is 720 g/mol. The zero-order valence-electron chi connectivity index (χ0n) is 32.4. The van der Waals surface area contributed by atoms with Crippen molar-refractivity contribution in [1.82, 2.24) is 0 Å². The van der Waals surface area contributed by atoms with Crippen molar-refractivity contribution in [3.05, 3.63) is 48.6 Å². The molecule has 0 aromatic carbocycles. The van der Waals surface area contributed by atoms with Crippen molar-refractivity contribution in [3.8, 4) is 0 Å². The normalized spacial score (nSPS) is 29.5. The van der Waals surface area contributed by atoms with Crippen molar-refractivity contribution in [2.75, 3.05) is 26.4 Å². The van der Waals surface area contributed by atoms with E-state index in [0.717, 1.165) is 57.8 Å². The average Bonchev–Trinajstić information content (AvgIpc) is 3.18. The zero-order valence-corrected chi connectivity index (χ0v) is 32.4. The monoisotopic (exact) mass is 786 g/mol. The van der Waals surface area contributed by atoms with E-state index in [1.807, 2.05) is 0 Å². The van der Waals surface area contributed by atoms with Crippen molar-refractivity contribution in [2.24, 2.45) is 0 Å². The van der Waals surface area contributed by atoms with Crippen LogP contribution in [0.15, 0.2) is 48.6 Å². The van der Waals surface area contributed by atoms with Crippen LogP contribution >= 0.6 is 0 Å². The maximum Gasteiger partial charge on any atom is 0.306 e. The van der Waals surface area contributed by atoms with E-state index in [0.29, 0.717) is 12.8 Å². The number of aliphatic hydroxyl groups excluding tert-OH is 7. The number of rotatable bonds is 27. The van der Waals surface area contributed by atoms with Crippen LogP contribution in [-0.4, -0.2) is 142 Å². The van der Waals surface area contributed by atoms with Crippen LogP contribution in [0.1, 0.15) is 97.3 Å². The highest BCUT2D eigenvalue weighted by molar-refractivity contribution is 5.70. The summed E-state index contributed by atoms with van der Waals surface area (Å²) in [5.74, 6) is -1.00. The quantitative estimate of drug-likeness (QED) is 0.0360. The van der Waals surface area contributed by atoms with Gasteiger partial charge in [-0.1, -0.05) is 81.7 Å². The van der Waals surface area contributed by atoms with Gasteiger partial charge in [0.2, 0.25) is 0 Å². The predicted octanol–water partition coefficient (Wildman–Crippen LogP) is 2.42. The topological polar surface area (TPSA) is 231 Å². The largest absolute Gasteiger partial charge is 0.462 e. The summed E-state index contributed by atoms with van der Waals surface area (Å²) in [6.07, 6.45) is 9.66. The molecule has 11 unspecified atom stereocenters. The Morgan fingerprint density at radius 3 is 1.76 bits per heavy atom. The molecule has 0 bridgehead atoms. The van der Waals surface area contributed by atoms with Gasteiger partial charge in [-0.05, 0) is 51.4 Å². The second-order valence-electron chi connectivity index (χ2n) is 13.7. The van der Waals surface area contributed by atoms with Gasteiger partial charge in [0, 0.05) is 12.8 Å². The van der Waals surface area contributed by atoms with Gasteiger partial charge >= 0.3 is 11.9 Å². The van der Waals surface area contributed by atoms with Gasteiger partial charge in [0.25, 0.3) is 0 Å². The van der Waals surface area contributed by atoms with Crippen LogP contribution in [0.25, 0.3) is 0 Å². The molecular formula is C40H66O15. The Bertz CT molecular complexity index is 1160. The second-order valence-corrected chi connectivity index (χ2v) is 13.7. The molecule has 0 radical (unpaired) electrons. The third-order valence-corrected chi connectivity index (χ3v) is 9.07. The van der Waals surface area contributed by atoms with Crippen LogP contribution in [-0.2, 0) is 38.0 Å². The van der Waals surface area contributed by atoms with Crippen molar-refractivity contribution in [1.29, 1.82) is 0 Å². The summed E-state index contributed by atoms with van der Waals surface area (Å²) in [5, 5.41) is 71.4. The number of allylic oxidation sites excluding steroid dienone is 8. The Kier molecular flexibility index (Phi) is 25.4. The number of ether oxygens (including phenoxy) is 6. The molecule has 2 rings (SSSR count). The van der Waals surface area contributed by atoms with Crippen molar-refractivity contribution < 1.29 is 73.8 Å². The van der Waals surface area contributed by atoms with Gasteiger partial charge in [-0.2, -0.15) is 0 Å². The summed E-state index contributed by atoms with van der Waals surface area (Å²) in [5.41, 5.74) is 0. The number of esters is 2. The molecule has 2 aliphatic heterocycles. The van der Waals surface area contributed by atoms with Gasteiger partial charge in [0.1, 0.15) is 55.4 Å². The summed E-state index contributed by atoms with van der Waals surface area (Å²) in [6, 6.07) is 0. The first kappa shape index (κ1) is 48.6. The fraction of sp³-hybridized carbons (Fsp3) is 0.750. The summed E-state index contributed by atoms with van der Waals surface area (Å²) in [6.45, 7) is 2.23. The fourth-order valence-corrected chi connectivity index (χ4v) is 5.73. The second kappa shape index (κ2) is 28.8. The minimum atomic E-state index is -1.77. The van der Waals surface area contributed by atoms with Crippen LogP contribution in [0.2, 0.25) is 0 Å². The highest BCUT2D eigenvalue weighted by atomic mass is 16.7. The Morgan fingerprint density at radius 1 is 0.600 bits per heavy atom. The molecule has 2 aliphatic rings. The number of unbranched alkanes of at least 4 members (excludes halogenated alkanes) is 5. The van der Waals surface area contributed by atoms with Crippen molar-refractivity contribution >= 4 is 11.9 Å². The van der Waals surface area contributed by atoms with Gasteiger partial charge < -0.3 is 64.2 Å². The molecule has 0 amide bonds. The maximum absolute atomic E-state index is 12.8. The van der Waals surface area contributed by atoms with Gasteiger partial charge in [-0.25, -0.2) is 0 Å². The van der Waals surface area contributed by atoms with E-state index >= 15 is 0 Å². The first-order valence-corrected chi connectivity index (χ1v) is 19.7. The average molecular weight is 787 g/mol. The lowest BCUT2D eigenvalue weighted by Crippen LogP contribution is -2.61. The Hall–Kier alpha value is -2.54. The van der Waals surface area contributed by atoms with Crippen LogP contribution in [0.3, 0.4) is 0 Å². The molecule has 2 heterocycles. The number of hydrogen-bond acceptors (Lipinski definition) is 15. The minimum absolute atomic E-state index is 0.111. The third-order valence-electron chi connectivity index (χ3n) is 9.07. The van der Waals surface area contributed by atoms with E-state index in [1.165, 1.54) is 0 Å². The number of aliphatic hydroxyl groups is 7. The summed E-state index contributed by atoms with van der Waals surface area (Å²) in [4.78, 5) is 25.2. The summed E-state index contributed by atoms with van der Waals surface area (Å²) < 4.78 is 33.1. The Morgan fingerprint density at radius 2 is 1.15 bits per heavy atom. The van der Waals surface area contributed by atoms with Crippen LogP contribution in [0, 0.1) is 0 Å². The fourth-order valence-electron chi connectivity index (χ4n) is 5.73. The highest BCUT2D eigenvalue weighted by Crippen LogP contribution is 2.26. The summed E-state index contributed by atoms with van der Waals surface area (Å²) >= 11 is 0. The van der Waals surface area contributed by atoms with E-state index in [-0.39, 0.29) is 19.4 Å².